The number of carbonyl (C=O) groups is 1. The average Bonchev–Trinajstić information content (AvgIpc) is 3.02. The molecule has 120 valence electrons. The zero-order valence-corrected chi connectivity index (χ0v) is 13.9. The fraction of sp³-hybridized carbons (Fsp3) is 0.235. The molecule has 1 atom stereocenters. The first-order valence-electron chi connectivity index (χ1n) is 7.25. The predicted octanol–water partition coefficient (Wildman–Crippen LogP) is 3.03. The van der Waals surface area contributed by atoms with E-state index in [0.29, 0.717) is 30.0 Å². The summed E-state index contributed by atoms with van der Waals surface area (Å²) in [5.41, 5.74) is 1.32. The van der Waals surface area contributed by atoms with Gasteiger partial charge in [-0.2, -0.15) is 0 Å². The van der Waals surface area contributed by atoms with Gasteiger partial charge in [0, 0.05) is 16.6 Å². The lowest BCUT2D eigenvalue weighted by atomic mass is 10.1. The van der Waals surface area contributed by atoms with Crippen LogP contribution in [-0.4, -0.2) is 24.4 Å². The number of amides is 1. The van der Waals surface area contributed by atoms with E-state index in [0.717, 1.165) is 10.0 Å². The maximum Gasteiger partial charge on any atom is 0.251 e. The van der Waals surface area contributed by atoms with Gasteiger partial charge in [-0.25, -0.2) is 0 Å². The largest absolute Gasteiger partial charge is 0.454 e. The van der Waals surface area contributed by atoms with Crippen molar-refractivity contribution < 1.29 is 19.4 Å². The van der Waals surface area contributed by atoms with Gasteiger partial charge in [0.2, 0.25) is 6.79 Å². The Morgan fingerprint density at radius 2 is 2.04 bits per heavy atom. The molecule has 2 N–H and O–H groups in total. The minimum atomic E-state index is -0.674. The Labute approximate surface area is 142 Å². The molecule has 0 saturated heterocycles. The average molecular weight is 378 g/mol. The second kappa shape index (κ2) is 7.02. The summed E-state index contributed by atoms with van der Waals surface area (Å²) in [6.07, 6.45) is -0.258. The number of aliphatic hydroxyl groups is 1. The Morgan fingerprint density at radius 3 is 2.87 bits per heavy atom. The van der Waals surface area contributed by atoms with Crippen molar-refractivity contribution in [3.63, 3.8) is 0 Å². The first-order chi connectivity index (χ1) is 11.1. The van der Waals surface area contributed by atoms with Crippen LogP contribution in [0.3, 0.4) is 0 Å². The number of fused-ring (bicyclic) bond motifs is 1. The van der Waals surface area contributed by atoms with E-state index in [-0.39, 0.29) is 12.7 Å². The van der Waals surface area contributed by atoms with Gasteiger partial charge in [-0.05, 0) is 42.3 Å². The summed E-state index contributed by atoms with van der Waals surface area (Å²) < 4.78 is 11.4. The first-order valence-corrected chi connectivity index (χ1v) is 8.04. The molecule has 23 heavy (non-hydrogen) atoms. The molecule has 0 bridgehead atoms. The van der Waals surface area contributed by atoms with Crippen molar-refractivity contribution in [2.75, 3.05) is 13.3 Å². The van der Waals surface area contributed by atoms with Gasteiger partial charge in [0.15, 0.2) is 11.5 Å². The molecule has 0 saturated carbocycles. The molecule has 1 amide bonds. The SMILES string of the molecule is O=C(NCCC(O)c1ccc2c(c1)OCO2)c1cccc(Br)c1. The van der Waals surface area contributed by atoms with Crippen LogP contribution in [0.5, 0.6) is 11.5 Å². The number of rotatable bonds is 5. The van der Waals surface area contributed by atoms with E-state index in [4.69, 9.17) is 9.47 Å². The normalized spacial score (nSPS) is 13.7. The molecule has 6 heteroatoms. The highest BCUT2D eigenvalue weighted by atomic mass is 79.9. The Morgan fingerprint density at radius 1 is 1.22 bits per heavy atom. The van der Waals surface area contributed by atoms with Crippen LogP contribution in [-0.2, 0) is 0 Å². The van der Waals surface area contributed by atoms with Crippen LogP contribution < -0.4 is 14.8 Å². The molecular formula is C17H16BrNO4. The van der Waals surface area contributed by atoms with Gasteiger partial charge < -0.3 is 19.9 Å². The van der Waals surface area contributed by atoms with Crippen molar-refractivity contribution in [1.82, 2.24) is 5.32 Å². The summed E-state index contributed by atoms with van der Waals surface area (Å²) in [5, 5.41) is 13.0. The Balaban J connectivity index is 1.53. The van der Waals surface area contributed by atoms with E-state index in [2.05, 4.69) is 21.2 Å². The fourth-order valence-corrected chi connectivity index (χ4v) is 2.74. The van der Waals surface area contributed by atoms with E-state index in [1.54, 1.807) is 36.4 Å². The van der Waals surface area contributed by atoms with Gasteiger partial charge in [0.05, 0.1) is 6.10 Å². The van der Waals surface area contributed by atoms with E-state index >= 15 is 0 Å². The first kappa shape index (κ1) is 15.8. The van der Waals surface area contributed by atoms with Crippen LogP contribution >= 0.6 is 15.9 Å². The van der Waals surface area contributed by atoms with Crippen LogP contribution in [0.25, 0.3) is 0 Å². The van der Waals surface area contributed by atoms with E-state index in [1.807, 2.05) is 6.07 Å². The van der Waals surface area contributed by atoms with E-state index < -0.39 is 6.10 Å². The second-order valence-corrected chi connectivity index (χ2v) is 6.10. The van der Waals surface area contributed by atoms with Crippen LogP contribution in [0, 0.1) is 0 Å². The summed E-state index contributed by atoms with van der Waals surface area (Å²) in [5.74, 6) is 1.16. The molecule has 3 rings (SSSR count). The highest BCUT2D eigenvalue weighted by molar-refractivity contribution is 9.10. The van der Waals surface area contributed by atoms with Gasteiger partial charge >= 0.3 is 0 Å². The number of aliphatic hydroxyl groups excluding tert-OH is 1. The molecule has 5 nitrogen and oxygen atoms in total. The third-order valence-corrected chi connectivity index (χ3v) is 4.06. The molecule has 1 aliphatic heterocycles. The standard InChI is InChI=1S/C17H16BrNO4/c18-13-3-1-2-12(8-13)17(21)19-7-6-14(20)11-4-5-15-16(9-11)23-10-22-15/h1-5,8-9,14,20H,6-7,10H2,(H,19,21). The summed E-state index contributed by atoms with van der Waals surface area (Å²) in [6, 6.07) is 12.5. The van der Waals surface area contributed by atoms with Crippen molar-refractivity contribution >= 4 is 21.8 Å². The van der Waals surface area contributed by atoms with Gasteiger partial charge in [0.1, 0.15) is 0 Å². The van der Waals surface area contributed by atoms with E-state index in [9.17, 15) is 9.90 Å². The van der Waals surface area contributed by atoms with Gasteiger partial charge in [-0.3, -0.25) is 4.79 Å². The minimum Gasteiger partial charge on any atom is -0.454 e. The third kappa shape index (κ3) is 3.83. The second-order valence-electron chi connectivity index (χ2n) is 5.18. The van der Waals surface area contributed by atoms with Crippen molar-refractivity contribution in [1.29, 1.82) is 0 Å². The lowest BCUT2D eigenvalue weighted by molar-refractivity contribution is 0.0942. The number of ether oxygens (including phenoxy) is 2. The molecular weight excluding hydrogens is 362 g/mol. The zero-order valence-electron chi connectivity index (χ0n) is 12.3. The summed E-state index contributed by atoms with van der Waals surface area (Å²) >= 11 is 3.33. The molecule has 2 aromatic carbocycles. The quantitative estimate of drug-likeness (QED) is 0.840. The maximum absolute atomic E-state index is 12.0. The number of benzene rings is 2. The van der Waals surface area contributed by atoms with Crippen molar-refractivity contribution in [3.8, 4) is 11.5 Å². The number of nitrogens with one attached hydrogen (secondary N) is 1. The van der Waals surface area contributed by atoms with Gasteiger partial charge in [-0.1, -0.05) is 28.1 Å². The van der Waals surface area contributed by atoms with Crippen molar-refractivity contribution in [2.45, 2.75) is 12.5 Å². The monoisotopic (exact) mass is 377 g/mol. The number of hydrogen-bond acceptors (Lipinski definition) is 4. The molecule has 0 radical (unpaired) electrons. The molecule has 1 aliphatic rings. The summed E-state index contributed by atoms with van der Waals surface area (Å²) in [4.78, 5) is 12.0. The number of carbonyl (C=O) groups excluding carboxylic acids is 1. The van der Waals surface area contributed by atoms with Crippen molar-refractivity contribution in [2.24, 2.45) is 0 Å². The molecule has 1 unspecified atom stereocenters. The predicted molar refractivity (Wildman–Crippen MR) is 88.6 cm³/mol. The molecule has 0 spiro atoms. The molecule has 2 aromatic rings. The molecule has 0 aromatic heterocycles. The maximum atomic E-state index is 12.0. The number of hydrogen-bond donors (Lipinski definition) is 2. The third-order valence-electron chi connectivity index (χ3n) is 3.57. The Bertz CT molecular complexity index is 719. The zero-order chi connectivity index (χ0) is 16.2. The highest BCUT2D eigenvalue weighted by Crippen LogP contribution is 2.34. The smallest absolute Gasteiger partial charge is 0.251 e. The van der Waals surface area contributed by atoms with Gasteiger partial charge in [0.25, 0.3) is 5.91 Å². The van der Waals surface area contributed by atoms with Crippen LogP contribution in [0.1, 0.15) is 28.4 Å². The minimum absolute atomic E-state index is 0.163. The fourth-order valence-electron chi connectivity index (χ4n) is 2.34. The molecule has 1 heterocycles. The highest BCUT2D eigenvalue weighted by Gasteiger charge is 2.16. The lowest BCUT2D eigenvalue weighted by Crippen LogP contribution is -2.25. The Kier molecular flexibility index (Phi) is 4.83. The van der Waals surface area contributed by atoms with Crippen LogP contribution in [0.2, 0.25) is 0 Å². The van der Waals surface area contributed by atoms with E-state index in [1.165, 1.54) is 0 Å². The topological polar surface area (TPSA) is 67.8 Å². The van der Waals surface area contributed by atoms with Crippen LogP contribution in [0.4, 0.5) is 0 Å². The Hall–Kier alpha value is -2.05. The summed E-state index contributed by atoms with van der Waals surface area (Å²) in [6.45, 7) is 0.582. The van der Waals surface area contributed by atoms with Crippen LogP contribution in [0.15, 0.2) is 46.9 Å². The number of halogens is 1. The van der Waals surface area contributed by atoms with Crippen molar-refractivity contribution in [3.05, 3.63) is 58.1 Å². The van der Waals surface area contributed by atoms with Gasteiger partial charge in [-0.15, -0.1) is 0 Å². The lowest BCUT2D eigenvalue weighted by Gasteiger charge is -2.12. The molecule has 0 fully saturated rings. The molecule has 0 aliphatic carbocycles. The summed E-state index contributed by atoms with van der Waals surface area (Å²) in [7, 11) is 0.